The normalized spacial score (nSPS) is 10.9. The first-order chi connectivity index (χ1) is 12.7. The number of amides is 2. The minimum Gasteiger partial charge on any atom is -0.496 e. The van der Waals surface area contributed by atoms with Crippen LogP contribution in [-0.4, -0.2) is 25.5 Å². The van der Waals surface area contributed by atoms with E-state index in [2.05, 4.69) is 16.2 Å². The van der Waals surface area contributed by atoms with Crippen molar-refractivity contribution in [2.24, 2.45) is 0 Å². The first kappa shape index (κ1) is 20.4. The van der Waals surface area contributed by atoms with E-state index in [1.807, 2.05) is 0 Å². The number of benzene rings is 2. The van der Waals surface area contributed by atoms with Gasteiger partial charge in [-0.15, -0.1) is 0 Å². The molecule has 6 nitrogen and oxygen atoms in total. The molecule has 0 aliphatic rings. The largest absolute Gasteiger partial charge is 0.496 e. The van der Waals surface area contributed by atoms with Crippen molar-refractivity contribution in [3.05, 3.63) is 58.6 Å². The molecule has 0 aromatic heterocycles. The second-order valence-corrected chi connectivity index (χ2v) is 5.72. The average molecular weight is 402 g/mol. The van der Waals surface area contributed by atoms with Crippen LogP contribution in [0.1, 0.15) is 15.9 Å². The summed E-state index contributed by atoms with van der Waals surface area (Å²) >= 11 is 5.81. The van der Waals surface area contributed by atoms with E-state index in [-0.39, 0.29) is 23.5 Å². The third-order valence-corrected chi connectivity index (χ3v) is 3.60. The molecule has 0 aliphatic carbocycles. The zero-order chi connectivity index (χ0) is 20.0. The molecule has 0 saturated heterocycles. The Labute approximate surface area is 157 Å². The molecule has 0 atom stereocenters. The number of rotatable bonds is 5. The Morgan fingerprint density at radius 2 is 1.85 bits per heavy atom. The molecular formula is C17H15ClF3N3O3. The molecular weight excluding hydrogens is 387 g/mol. The van der Waals surface area contributed by atoms with Crippen LogP contribution in [0.4, 0.5) is 18.9 Å². The van der Waals surface area contributed by atoms with Crippen molar-refractivity contribution in [3.63, 3.8) is 0 Å². The third kappa shape index (κ3) is 5.78. The molecule has 2 amide bonds. The summed E-state index contributed by atoms with van der Waals surface area (Å²) in [7, 11) is 1.36. The minimum absolute atomic E-state index is 0.116. The van der Waals surface area contributed by atoms with Gasteiger partial charge in [0.15, 0.2) is 0 Å². The van der Waals surface area contributed by atoms with E-state index in [4.69, 9.17) is 16.3 Å². The number of anilines is 1. The number of carbonyl (C=O) groups is 2. The smallest absolute Gasteiger partial charge is 0.416 e. The van der Waals surface area contributed by atoms with Gasteiger partial charge in [0, 0.05) is 10.7 Å². The van der Waals surface area contributed by atoms with Gasteiger partial charge in [0.1, 0.15) is 5.75 Å². The SMILES string of the molecule is COc1cc(Cl)ccc1C(=O)NNC(=O)CNc1cccc(C(F)(F)F)c1. The highest BCUT2D eigenvalue weighted by atomic mass is 35.5. The van der Waals surface area contributed by atoms with Crippen molar-refractivity contribution in [2.45, 2.75) is 6.18 Å². The topological polar surface area (TPSA) is 79.5 Å². The number of halogens is 4. The monoisotopic (exact) mass is 401 g/mol. The van der Waals surface area contributed by atoms with E-state index in [1.54, 1.807) is 0 Å². The van der Waals surface area contributed by atoms with E-state index >= 15 is 0 Å². The Balaban J connectivity index is 1.89. The molecule has 2 aromatic carbocycles. The summed E-state index contributed by atoms with van der Waals surface area (Å²) in [5, 5.41) is 2.92. The van der Waals surface area contributed by atoms with Crippen molar-refractivity contribution in [3.8, 4) is 5.75 Å². The van der Waals surface area contributed by atoms with Crippen molar-refractivity contribution in [1.82, 2.24) is 10.9 Å². The van der Waals surface area contributed by atoms with E-state index in [9.17, 15) is 22.8 Å². The third-order valence-electron chi connectivity index (χ3n) is 3.37. The van der Waals surface area contributed by atoms with Crippen LogP contribution in [0.2, 0.25) is 5.02 Å². The molecule has 0 bridgehead atoms. The number of hydrazine groups is 1. The Morgan fingerprint density at radius 1 is 1.11 bits per heavy atom. The molecule has 0 heterocycles. The van der Waals surface area contributed by atoms with E-state index in [1.165, 1.54) is 37.4 Å². The molecule has 0 spiro atoms. The maximum atomic E-state index is 12.7. The molecule has 0 aliphatic heterocycles. The fraction of sp³-hybridized carbons (Fsp3) is 0.176. The van der Waals surface area contributed by atoms with Gasteiger partial charge in [0.2, 0.25) is 0 Å². The van der Waals surface area contributed by atoms with Crippen molar-refractivity contribution >= 4 is 29.1 Å². The summed E-state index contributed by atoms with van der Waals surface area (Å²) in [6.45, 7) is -0.348. The van der Waals surface area contributed by atoms with Crippen molar-refractivity contribution in [2.75, 3.05) is 19.0 Å². The molecule has 0 saturated carbocycles. The lowest BCUT2D eigenvalue weighted by Gasteiger charge is -2.12. The zero-order valence-electron chi connectivity index (χ0n) is 14.0. The van der Waals surface area contributed by atoms with Crippen LogP contribution >= 0.6 is 11.6 Å². The number of alkyl halides is 3. The van der Waals surface area contributed by atoms with Gasteiger partial charge in [-0.3, -0.25) is 20.4 Å². The quantitative estimate of drug-likeness (QED) is 0.672. The molecule has 0 fully saturated rings. The maximum absolute atomic E-state index is 12.7. The predicted octanol–water partition coefficient (Wildman–Crippen LogP) is 3.24. The number of hydrogen-bond acceptors (Lipinski definition) is 4. The van der Waals surface area contributed by atoms with Gasteiger partial charge in [-0.25, -0.2) is 0 Å². The molecule has 2 aromatic rings. The van der Waals surface area contributed by atoms with E-state index < -0.39 is 23.6 Å². The Kier molecular flexibility index (Phi) is 6.51. The molecule has 0 unspecified atom stereocenters. The summed E-state index contributed by atoms with van der Waals surface area (Å²) in [6.07, 6.45) is -4.48. The van der Waals surface area contributed by atoms with Crippen LogP contribution in [0, 0.1) is 0 Å². The minimum atomic E-state index is -4.48. The lowest BCUT2D eigenvalue weighted by molar-refractivity contribution is -0.137. The van der Waals surface area contributed by atoms with Crippen LogP contribution in [0.5, 0.6) is 5.75 Å². The number of hydrogen-bond donors (Lipinski definition) is 3. The van der Waals surface area contributed by atoms with Gasteiger partial charge in [0.05, 0.1) is 24.8 Å². The standard InChI is InChI=1S/C17H15ClF3N3O3/c1-27-14-8-11(18)5-6-13(14)16(26)24-23-15(25)9-22-12-4-2-3-10(7-12)17(19,20)21/h2-8,22H,9H2,1H3,(H,23,25)(H,24,26). The van der Waals surface area contributed by atoms with Crippen LogP contribution in [0.3, 0.4) is 0 Å². The zero-order valence-corrected chi connectivity index (χ0v) is 14.7. The number of nitrogens with one attached hydrogen (secondary N) is 3. The van der Waals surface area contributed by atoms with Crippen LogP contribution in [0.15, 0.2) is 42.5 Å². The number of ether oxygens (including phenoxy) is 1. The van der Waals surface area contributed by atoms with Crippen molar-refractivity contribution in [1.29, 1.82) is 0 Å². The summed E-state index contributed by atoms with van der Waals surface area (Å²) in [5.41, 5.74) is 3.76. The molecule has 3 N–H and O–H groups in total. The molecule has 27 heavy (non-hydrogen) atoms. The van der Waals surface area contributed by atoms with Gasteiger partial charge >= 0.3 is 6.18 Å². The lowest BCUT2D eigenvalue weighted by Crippen LogP contribution is -2.44. The lowest BCUT2D eigenvalue weighted by atomic mass is 10.2. The highest BCUT2D eigenvalue weighted by Crippen LogP contribution is 2.30. The summed E-state index contributed by atoms with van der Waals surface area (Å²) in [5.74, 6) is -1.08. The van der Waals surface area contributed by atoms with Gasteiger partial charge in [-0.2, -0.15) is 13.2 Å². The fourth-order valence-electron chi connectivity index (χ4n) is 2.08. The number of carbonyl (C=O) groups excluding carboxylic acids is 2. The van der Waals surface area contributed by atoms with Gasteiger partial charge in [-0.05, 0) is 36.4 Å². The maximum Gasteiger partial charge on any atom is 0.416 e. The highest BCUT2D eigenvalue weighted by molar-refractivity contribution is 6.30. The summed E-state index contributed by atoms with van der Waals surface area (Å²) in [6, 6.07) is 8.75. The van der Waals surface area contributed by atoms with Crippen LogP contribution in [-0.2, 0) is 11.0 Å². The molecule has 2 rings (SSSR count). The highest BCUT2D eigenvalue weighted by Gasteiger charge is 2.30. The van der Waals surface area contributed by atoms with E-state index in [0.717, 1.165) is 12.1 Å². The first-order valence-corrected chi connectivity index (χ1v) is 7.92. The molecule has 10 heteroatoms. The van der Waals surface area contributed by atoms with Gasteiger partial charge < -0.3 is 10.1 Å². The van der Waals surface area contributed by atoms with Crippen LogP contribution < -0.4 is 20.9 Å². The molecule has 0 radical (unpaired) electrons. The Morgan fingerprint density at radius 3 is 2.52 bits per heavy atom. The number of methoxy groups -OCH3 is 1. The van der Waals surface area contributed by atoms with Gasteiger partial charge in [0.25, 0.3) is 11.8 Å². The Hall–Kier alpha value is -2.94. The molecule has 144 valence electrons. The predicted molar refractivity (Wildman–Crippen MR) is 93.5 cm³/mol. The summed E-state index contributed by atoms with van der Waals surface area (Å²) in [4.78, 5) is 23.9. The first-order valence-electron chi connectivity index (χ1n) is 7.54. The summed E-state index contributed by atoms with van der Waals surface area (Å²) < 4.78 is 43.0. The average Bonchev–Trinajstić information content (AvgIpc) is 2.63. The van der Waals surface area contributed by atoms with Crippen molar-refractivity contribution < 1.29 is 27.5 Å². The fourth-order valence-corrected chi connectivity index (χ4v) is 2.24. The van der Waals surface area contributed by atoms with E-state index in [0.29, 0.717) is 5.02 Å². The Bertz CT molecular complexity index is 844. The second kappa shape index (κ2) is 8.63. The van der Waals surface area contributed by atoms with Gasteiger partial charge in [-0.1, -0.05) is 17.7 Å². The van der Waals surface area contributed by atoms with Crippen LogP contribution in [0.25, 0.3) is 0 Å². The second-order valence-electron chi connectivity index (χ2n) is 5.28.